The summed E-state index contributed by atoms with van der Waals surface area (Å²) in [6.07, 6.45) is 0. The van der Waals surface area contributed by atoms with Gasteiger partial charge < -0.3 is 4.74 Å². The third kappa shape index (κ3) is 2.99. The molecule has 21 heavy (non-hydrogen) atoms. The van der Waals surface area contributed by atoms with Crippen LogP contribution < -0.4 is 4.74 Å². The van der Waals surface area contributed by atoms with E-state index in [1.165, 1.54) is 22.3 Å². The largest absolute Gasteiger partial charge is 0.428 e. The topological polar surface area (TPSA) is 26.3 Å². The summed E-state index contributed by atoms with van der Waals surface area (Å²) in [5, 5.41) is 0. The molecule has 0 aromatic heterocycles. The molecule has 0 bridgehead atoms. The van der Waals surface area contributed by atoms with Gasteiger partial charge in [0.15, 0.2) is 0 Å². The van der Waals surface area contributed by atoms with E-state index < -0.39 is 0 Å². The highest BCUT2D eigenvalue weighted by Gasteiger charge is 2.24. The molecular formula is C19H22O2. The minimum Gasteiger partial charge on any atom is -0.428 e. The van der Waals surface area contributed by atoms with Crippen LogP contribution in [0.25, 0.3) is 0 Å². The Morgan fingerprint density at radius 3 is 1.95 bits per heavy atom. The van der Waals surface area contributed by atoms with Gasteiger partial charge in [0, 0.05) is 5.41 Å². The van der Waals surface area contributed by atoms with Gasteiger partial charge in [-0.05, 0) is 54.7 Å². The maximum absolute atomic E-state index is 10.5. The van der Waals surface area contributed by atoms with Gasteiger partial charge in [0.2, 0.25) is 0 Å². The lowest BCUT2D eigenvalue weighted by Gasteiger charge is -2.27. The fourth-order valence-corrected chi connectivity index (χ4v) is 2.52. The van der Waals surface area contributed by atoms with Gasteiger partial charge in [0.25, 0.3) is 6.47 Å². The average molecular weight is 282 g/mol. The number of carbonyl (C=O) groups is 1. The molecule has 0 unspecified atom stereocenters. The molecule has 0 aliphatic rings. The third-order valence-corrected chi connectivity index (χ3v) is 4.30. The van der Waals surface area contributed by atoms with Crippen LogP contribution in [0.5, 0.6) is 5.75 Å². The molecule has 0 aliphatic heterocycles. The molecule has 0 radical (unpaired) electrons. The number of carbonyl (C=O) groups excluding carboxylic acids is 1. The molecule has 0 saturated carbocycles. The van der Waals surface area contributed by atoms with E-state index >= 15 is 0 Å². The van der Waals surface area contributed by atoms with Gasteiger partial charge in [0.1, 0.15) is 5.75 Å². The molecular weight excluding hydrogens is 260 g/mol. The molecule has 0 fully saturated rings. The van der Waals surface area contributed by atoms with Crippen LogP contribution in [0, 0.1) is 20.8 Å². The maximum Gasteiger partial charge on any atom is 0.298 e. The van der Waals surface area contributed by atoms with Crippen LogP contribution in [0.15, 0.2) is 36.4 Å². The van der Waals surface area contributed by atoms with Crippen LogP contribution in [0.4, 0.5) is 0 Å². The quantitative estimate of drug-likeness (QED) is 0.773. The predicted molar refractivity (Wildman–Crippen MR) is 85.9 cm³/mol. The van der Waals surface area contributed by atoms with Gasteiger partial charge in [-0.15, -0.1) is 0 Å². The number of hydrogen-bond donors (Lipinski definition) is 0. The lowest BCUT2D eigenvalue weighted by Crippen LogP contribution is -2.19. The molecule has 0 spiro atoms. The van der Waals surface area contributed by atoms with Crippen molar-refractivity contribution in [1.82, 2.24) is 0 Å². The highest BCUT2D eigenvalue weighted by molar-refractivity contribution is 5.50. The van der Waals surface area contributed by atoms with Gasteiger partial charge >= 0.3 is 0 Å². The van der Waals surface area contributed by atoms with Crippen LogP contribution >= 0.6 is 0 Å². The Morgan fingerprint density at radius 2 is 1.43 bits per heavy atom. The van der Waals surface area contributed by atoms with Gasteiger partial charge in [-0.2, -0.15) is 0 Å². The number of hydrogen-bond acceptors (Lipinski definition) is 2. The molecule has 2 rings (SSSR count). The van der Waals surface area contributed by atoms with Crippen molar-refractivity contribution in [3.05, 3.63) is 64.2 Å². The summed E-state index contributed by atoms with van der Waals surface area (Å²) in [4.78, 5) is 10.5. The number of benzene rings is 2. The summed E-state index contributed by atoms with van der Waals surface area (Å²) in [6.45, 7) is 11.1. The first-order valence-electron chi connectivity index (χ1n) is 7.15. The van der Waals surface area contributed by atoms with Gasteiger partial charge in [-0.25, -0.2) is 0 Å². The van der Waals surface area contributed by atoms with Crippen molar-refractivity contribution in [2.75, 3.05) is 0 Å². The molecule has 0 aliphatic carbocycles. The standard InChI is InChI=1S/C19H22O2/c1-13-6-7-16(10-14(13)2)19(4,5)17-8-9-18(21-12-20)15(3)11-17/h6-12H,1-5H3. The molecule has 110 valence electrons. The van der Waals surface area contributed by atoms with Gasteiger partial charge in [-0.1, -0.05) is 44.2 Å². The second-order valence-electron chi connectivity index (χ2n) is 6.12. The molecule has 2 aromatic carbocycles. The second-order valence-corrected chi connectivity index (χ2v) is 6.12. The maximum atomic E-state index is 10.5. The lowest BCUT2D eigenvalue weighted by molar-refractivity contribution is -0.120. The molecule has 0 N–H and O–H groups in total. The van der Waals surface area contributed by atoms with E-state index in [0.29, 0.717) is 12.2 Å². The monoisotopic (exact) mass is 282 g/mol. The zero-order valence-electron chi connectivity index (χ0n) is 13.4. The van der Waals surface area contributed by atoms with Crippen molar-refractivity contribution in [2.45, 2.75) is 40.0 Å². The Hall–Kier alpha value is -2.09. The van der Waals surface area contributed by atoms with E-state index in [4.69, 9.17) is 4.74 Å². The smallest absolute Gasteiger partial charge is 0.298 e. The van der Waals surface area contributed by atoms with Gasteiger partial charge in [-0.3, -0.25) is 4.79 Å². The fourth-order valence-electron chi connectivity index (χ4n) is 2.52. The summed E-state index contributed by atoms with van der Waals surface area (Å²) < 4.78 is 4.96. The van der Waals surface area contributed by atoms with E-state index in [1.807, 2.05) is 19.1 Å². The third-order valence-electron chi connectivity index (χ3n) is 4.30. The molecule has 0 atom stereocenters. The minimum atomic E-state index is -0.0943. The second kappa shape index (κ2) is 5.72. The molecule has 0 amide bonds. The Morgan fingerprint density at radius 1 is 0.857 bits per heavy atom. The van der Waals surface area contributed by atoms with Gasteiger partial charge in [0.05, 0.1) is 0 Å². The van der Waals surface area contributed by atoms with Crippen molar-refractivity contribution < 1.29 is 9.53 Å². The summed E-state index contributed by atoms with van der Waals surface area (Å²) in [7, 11) is 0. The van der Waals surface area contributed by atoms with Crippen molar-refractivity contribution in [3.63, 3.8) is 0 Å². The van der Waals surface area contributed by atoms with Crippen molar-refractivity contribution >= 4 is 6.47 Å². The average Bonchev–Trinajstić information content (AvgIpc) is 2.44. The Balaban J connectivity index is 2.45. The Bertz CT molecular complexity index is 669. The van der Waals surface area contributed by atoms with Crippen LogP contribution in [0.2, 0.25) is 0 Å². The van der Waals surface area contributed by atoms with Crippen LogP contribution in [0.3, 0.4) is 0 Å². The van der Waals surface area contributed by atoms with E-state index in [1.54, 1.807) is 0 Å². The number of aryl methyl sites for hydroxylation is 3. The van der Waals surface area contributed by atoms with Crippen molar-refractivity contribution in [2.24, 2.45) is 0 Å². The Kier molecular flexibility index (Phi) is 4.17. The molecule has 2 nitrogen and oxygen atoms in total. The van der Waals surface area contributed by atoms with E-state index in [0.717, 1.165) is 5.56 Å². The van der Waals surface area contributed by atoms with Crippen LogP contribution in [-0.4, -0.2) is 6.47 Å². The lowest BCUT2D eigenvalue weighted by atomic mass is 9.77. The summed E-state index contributed by atoms with van der Waals surface area (Å²) >= 11 is 0. The number of ether oxygens (including phenoxy) is 1. The summed E-state index contributed by atoms with van der Waals surface area (Å²) in [5.41, 5.74) is 5.98. The van der Waals surface area contributed by atoms with Crippen molar-refractivity contribution in [1.29, 1.82) is 0 Å². The zero-order valence-corrected chi connectivity index (χ0v) is 13.4. The van der Waals surface area contributed by atoms with E-state index in [2.05, 4.69) is 52.0 Å². The fraction of sp³-hybridized carbons (Fsp3) is 0.316. The van der Waals surface area contributed by atoms with E-state index in [9.17, 15) is 4.79 Å². The molecule has 0 saturated heterocycles. The first kappa shape index (κ1) is 15.3. The van der Waals surface area contributed by atoms with Crippen LogP contribution in [-0.2, 0) is 10.2 Å². The predicted octanol–water partition coefficient (Wildman–Crippen LogP) is 4.47. The zero-order chi connectivity index (χ0) is 15.6. The summed E-state index contributed by atoms with van der Waals surface area (Å²) in [6, 6.07) is 12.6. The van der Waals surface area contributed by atoms with E-state index in [-0.39, 0.29) is 5.41 Å². The normalized spacial score (nSPS) is 11.3. The van der Waals surface area contributed by atoms with Crippen LogP contribution in [0.1, 0.15) is 41.7 Å². The number of rotatable bonds is 4. The highest BCUT2D eigenvalue weighted by atomic mass is 16.5. The highest BCUT2D eigenvalue weighted by Crippen LogP contribution is 2.34. The van der Waals surface area contributed by atoms with Crippen molar-refractivity contribution in [3.8, 4) is 5.75 Å². The summed E-state index contributed by atoms with van der Waals surface area (Å²) in [5.74, 6) is 0.615. The molecule has 2 heteroatoms. The minimum absolute atomic E-state index is 0.0943. The molecule has 2 aromatic rings. The first-order chi connectivity index (χ1) is 9.86. The molecule has 0 heterocycles. The Labute approximate surface area is 126 Å². The first-order valence-corrected chi connectivity index (χ1v) is 7.15. The SMILES string of the molecule is Cc1ccc(C(C)(C)c2ccc(OC=O)c(C)c2)cc1C.